The number of halogens is 3. The summed E-state index contributed by atoms with van der Waals surface area (Å²) >= 11 is 16.0. The lowest BCUT2D eigenvalue weighted by atomic mass is 10.1. The zero-order valence-electron chi connectivity index (χ0n) is 16.6. The van der Waals surface area contributed by atoms with Crippen molar-refractivity contribution in [3.8, 4) is 11.5 Å². The monoisotopic (exact) mass is 523 g/mol. The molecule has 0 heterocycles. The third kappa shape index (κ3) is 6.06. The molecule has 162 valence electrons. The van der Waals surface area contributed by atoms with Crippen LogP contribution < -0.4 is 14.8 Å². The molecule has 0 bridgehead atoms. The molecule has 0 fully saturated rings. The lowest BCUT2D eigenvalue weighted by Gasteiger charge is -2.16. The van der Waals surface area contributed by atoms with Gasteiger partial charge in [-0.15, -0.1) is 0 Å². The van der Waals surface area contributed by atoms with Crippen molar-refractivity contribution < 1.29 is 19.4 Å². The average Bonchev–Trinajstić information content (AvgIpc) is 2.74. The first-order chi connectivity index (χ1) is 14.9. The van der Waals surface area contributed by atoms with Gasteiger partial charge in [-0.25, -0.2) is 4.79 Å². The maximum Gasteiger partial charge on any atom is 0.335 e. The Balaban J connectivity index is 1.79. The predicted octanol–water partition coefficient (Wildman–Crippen LogP) is 7.04. The maximum absolute atomic E-state index is 11.2. The molecule has 0 spiro atoms. The SMILES string of the molecule is CCOc1cc(CNc2cc(C(=O)O)ccc2Cl)c(Br)cc1OCc1ccccc1Cl. The second-order valence-electron chi connectivity index (χ2n) is 6.56. The Bertz CT molecular complexity index is 1090. The van der Waals surface area contributed by atoms with Gasteiger partial charge < -0.3 is 19.9 Å². The summed E-state index contributed by atoms with van der Waals surface area (Å²) in [6, 6.07) is 15.7. The molecule has 3 rings (SSSR count). The van der Waals surface area contributed by atoms with E-state index in [4.69, 9.17) is 32.7 Å². The fraction of sp³-hybridized carbons (Fsp3) is 0.174. The second-order valence-corrected chi connectivity index (χ2v) is 8.23. The van der Waals surface area contributed by atoms with Crippen LogP contribution in [0, 0.1) is 0 Å². The summed E-state index contributed by atoms with van der Waals surface area (Å²) in [7, 11) is 0. The topological polar surface area (TPSA) is 67.8 Å². The van der Waals surface area contributed by atoms with Crippen LogP contribution in [0.1, 0.15) is 28.4 Å². The molecule has 2 N–H and O–H groups in total. The van der Waals surface area contributed by atoms with Crippen molar-refractivity contribution in [1.82, 2.24) is 0 Å². The number of aromatic carboxylic acids is 1. The lowest BCUT2D eigenvalue weighted by Crippen LogP contribution is -2.05. The molecule has 31 heavy (non-hydrogen) atoms. The quantitative estimate of drug-likeness (QED) is 0.314. The molecular weight excluding hydrogens is 505 g/mol. The average molecular weight is 525 g/mol. The molecule has 0 aliphatic rings. The Hall–Kier alpha value is -2.41. The summed E-state index contributed by atoms with van der Waals surface area (Å²) in [6.45, 7) is 3.08. The Morgan fingerprint density at radius 2 is 1.74 bits per heavy atom. The first-order valence-corrected chi connectivity index (χ1v) is 11.0. The summed E-state index contributed by atoms with van der Waals surface area (Å²) in [5.41, 5.74) is 2.46. The van der Waals surface area contributed by atoms with Crippen LogP contribution in [0.5, 0.6) is 11.5 Å². The van der Waals surface area contributed by atoms with E-state index >= 15 is 0 Å². The van der Waals surface area contributed by atoms with Crippen LogP contribution in [0.4, 0.5) is 5.69 Å². The molecule has 0 unspecified atom stereocenters. The molecule has 0 saturated heterocycles. The molecule has 0 aromatic heterocycles. The largest absolute Gasteiger partial charge is 0.490 e. The number of carboxylic acids is 1. The number of ether oxygens (including phenoxy) is 2. The zero-order chi connectivity index (χ0) is 22.4. The van der Waals surface area contributed by atoms with Crippen LogP contribution in [0.15, 0.2) is 59.1 Å². The number of rotatable bonds is 9. The van der Waals surface area contributed by atoms with E-state index in [0.717, 1.165) is 15.6 Å². The highest BCUT2D eigenvalue weighted by Gasteiger charge is 2.13. The highest BCUT2D eigenvalue weighted by Crippen LogP contribution is 2.35. The third-order valence-electron chi connectivity index (χ3n) is 4.44. The van der Waals surface area contributed by atoms with Crippen molar-refractivity contribution in [2.24, 2.45) is 0 Å². The van der Waals surface area contributed by atoms with Crippen molar-refractivity contribution in [3.05, 3.63) is 85.8 Å². The van der Waals surface area contributed by atoms with E-state index in [1.165, 1.54) is 12.1 Å². The minimum atomic E-state index is -1.01. The van der Waals surface area contributed by atoms with Crippen molar-refractivity contribution >= 4 is 50.8 Å². The number of carboxylic acid groups (broad SMARTS) is 1. The Kier molecular flexibility index (Phi) is 8.07. The van der Waals surface area contributed by atoms with Gasteiger partial charge in [0.2, 0.25) is 0 Å². The first kappa shape index (κ1) is 23.3. The minimum absolute atomic E-state index is 0.157. The van der Waals surface area contributed by atoms with Crippen LogP contribution in [-0.2, 0) is 13.2 Å². The van der Waals surface area contributed by atoms with Gasteiger partial charge in [-0.1, -0.05) is 57.3 Å². The summed E-state index contributed by atoms with van der Waals surface area (Å²) in [4.78, 5) is 11.2. The predicted molar refractivity (Wildman–Crippen MR) is 127 cm³/mol. The third-order valence-corrected chi connectivity index (χ3v) is 5.87. The Morgan fingerprint density at radius 1 is 1.00 bits per heavy atom. The zero-order valence-corrected chi connectivity index (χ0v) is 19.7. The number of nitrogens with one attached hydrogen (secondary N) is 1. The molecule has 0 amide bonds. The fourth-order valence-corrected chi connectivity index (χ4v) is 3.69. The van der Waals surface area contributed by atoms with Gasteiger partial charge in [0.1, 0.15) is 6.61 Å². The molecule has 0 radical (unpaired) electrons. The molecule has 0 atom stereocenters. The normalized spacial score (nSPS) is 10.6. The highest BCUT2D eigenvalue weighted by molar-refractivity contribution is 9.10. The maximum atomic E-state index is 11.2. The molecule has 0 aliphatic heterocycles. The van der Waals surface area contributed by atoms with Gasteiger partial charge in [-0.05, 0) is 48.9 Å². The highest BCUT2D eigenvalue weighted by atomic mass is 79.9. The number of hydrogen-bond donors (Lipinski definition) is 2. The number of carbonyl (C=O) groups is 1. The van der Waals surface area contributed by atoms with E-state index in [-0.39, 0.29) is 5.56 Å². The summed E-state index contributed by atoms with van der Waals surface area (Å²) in [5.74, 6) is 0.169. The standard InChI is InChI=1S/C23H20BrCl2NO4/c1-2-30-21-10-16(12-27-20-9-14(23(28)29)7-8-19(20)26)17(24)11-22(21)31-13-15-5-3-4-6-18(15)25/h3-11,27H,2,12-13H2,1H3,(H,28,29). The fourth-order valence-electron chi connectivity index (χ4n) is 2.85. The van der Waals surface area contributed by atoms with Crippen LogP contribution in [0.3, 0.4) is 0 Å². The van der Waals surface area contributed by atoms with Gasteiger partial charge in [0.05, 0.1) is 22.9 Å². The smallest absolute Gasteiger partial charge is 0.335 e. The van der Waals surface area contributed by atoms with E-state index in [1.807, 2.05) is 43.3 Å². The van der Waals surface area contributed by atoms with Crippen LogP contribution in [-0.4, -0.2) is 17.7 Å². The van der Waals surface area contributed by atoms with E-state index in [9.17, 15) is 9.90 Å². The number of hydrogen-bond acceptors (Lipinski definition) is 4. The molecule has 3 aromatic rings. The first-order valence-electron chi connectivity index (χ1n) is 9.47. The van der Waals surface area contributed by atoms with Crippen molar-refractivity contribution in [2.45, 2.75) is 20.1 Å². The van der Waals surface area contributed by atoms with Crippen molar-refractivity contribution in [1.29, 1.82) is 0 Å². The van der Waals surface area contributed by atoms with Gasteiger partial charge in [0, 0.05) is 21.6 Å². The minimum Gasteiger partial charge on any atom is -0.490 e. The Labute approximate surface area is 199 Å². The van der Waals surface area contributed by atoms with E-state index in [0.29, 0.717) is 47.0 Å². The van der Waals surface area contributed by atoms with Crippen molar-refractivity contribution in [3.63, 3.8) is 0 Å². The molecule has 0 aliphatic carbocycles. The van der Waals surface area contributed by atoms with Gasteiger partial charge in [-0.2, -0.15) is 0 Å². The van der Waals surface area contributed by atoms with E-state index in [2.05, 4.69) is 21.2 Å². The van der Waals surface area contributed by atoms with Gasteiger partial charge >= 0.3 is 5.97 Å². The van der Waals surface area contributed by atoms with Crippen LogP contribution in [0.2, 0.25) is 10.0 Å². The van der Waals surface area contributed by atoms with E-state index in [1.54, 1.807) is 6.07 Å². The summed E-state index contributed by atoms with van der Waals surface area (Å²) in [5, 5.41) is 13.4. The van der Waals surface area contributed by atoms with Gasteiger partial charge in [0.25, 0.3) is 0 Å². The summed E-state index contributed by atoms with van der Waals surface area (Å²) < 4.78 is 12.5. The molecule has 8 heteroatoms. The Morgan fingerprint density at radius 3 is 2.45 bits per heavy atom. The second kappa shape index (κ2) is 10.8. The van der Waals surface area contributed by atoms with Crippen molar-refractivity contribution in [2.75, 3.05) is 11.9 Å². The molecule has 5 nitrogen and oxygen atoms in total. The van der Waals surface area contributed by atoms with Crippen LogP contribution in [0.25, 0.3) is 0 Å². The molecule has 0 saturated carbocycles. The summed E-state index contributed by atoms with van der Waals surface area (Å²) in [6.07, 6.45) is 0. The number of benzene rings is 3. The van der Waals surface area contributed by atoms with Gasteiger partial charge in [0.15, 0.2) is 11.5 Å². The van der Waals surface area contributed by atoms with Crippen LogP contribution >= 0.6 is 39.1 Å². The molecular formula is C23H20BrCl2NO4. The lowest BCUT2D eigenvalue weighted by molar-refractivity contribution is 0.0697. The van der Waals surface area contributed by atoms with Gasteiger partial charge in [-0.3, -0.25) is 0 Å². The number of anilines is 1. The van der Waals surface area contributed by atoms with E-state index < -0.39 is 5.97 Å². The molecule has 3 aromatic carbocycles.